The standard InChI is InChI=1S/C29H41N5O5/c1-17(2)15-22(32-27(37)20-9-11-21(30)12-10-20)28(38)33-14-13-23-26(33)24(36)16-34(23)29(39)25(31-18(3)35)19-7-5-4-6-8-19/h9-12,17,19,22-23,25-26H,4-8,13-16,30H2,1-3H3,(H,31,35)(H,32,37). The number of benzene rings is 1. The number of Topliss-reactive ketones (excluding diaryl/α,β-unsaturated/α-hetero) is 1. The van der Waals surface area contributed by atoms with Crippen LogP contribution in [0.15, 0.2) is 24.3 Å². The van der Waals surface area contributed by atoms with E-state index in [1.807, 2.05) is 13.8 Å². The van der Waals surface area contributed by atoms with Gasteiger partial charge in [0.15, 0.2) is 5.78 Å². The third kappa shape index (κ3) is 6.42. The number of carbonyl (C=O) groups excluding carboxylic acids is 5. The van der Waals surface area contributed by atoms with Crippen molar-refractivity contribution in [2.45, 2.75) is 89.9 Å². The molecule has 4 N–H and O–H groups in total. The van der Waals surface area contributed by atoms with Crippen molar-refractivity contribution in [2.75, 3.05) is 18.8 Å². The first kappa shape index (κ1) is 28.6. The zero-order chi connectivity index (χ0) is 28.3. The molecule has 1 aromatic carbocycles. The predicted molar refractivity (Wildman–Crippen MR) is 146 cm³/mol. The quantitative estimate of drug-likeness (QED) is 0.431. The first-order valence-corrected chi connectivity index (χ1v) is 14.1. The minimum atomic E-state index is -0.805. The Kier molecular flexibility index (Phi) is 8.92. The fraction of sp³-hybridized carbons (Fsp3) is 0.621. The van der Waals surface area contributed by atoms with Crippen molar-refractivity contribution in [2.24, 2.45) is 11.8 Å². The lowest BCUT2D eigenvalue weighted by Crippen LogP contribution is -2.55. The highest BCUT2D eigenvalue weighted by Gasteiger charge is 2.53. The van der Waals surface area contributed by atoms with E-state index in [1.54, 1.807) is 34.1 Å². The van der Waals surface area contributed by atoms with Crippen molar-refractivity contribution < 1.29 is 24.0 Å². The van der Waals surface area contributed by atoms with Crippen molar-refractivity contribution in [3.05, 3.63) is 29.8 Å². The zero-order valence-electron chi connectivity index (χ0n) is 23.2. The van der Waals surface area contributed by atoms with E-state index in [0.717, 1.165) is 32.1 Å². The number of nitrogens with two attached hydrogens (primary N) is 1. The van der Waals surface area contributed by atoms with Crippen LogP contribution in [0.1, 0.15) is 76.1 Å². The number of rotatable bonds is 8. The molecule has 1 aliphatic carbocycles. The summed E-state index contributed by atoms with van der Waals surface area (Å²) in [5, 5.41) is 5.72. The van der Waals surface area contributed by atoms with E-state index in [4.69, 9.17) is 5.73 Å². The fourth-order valence-corrected chi connectivity index (χ4v) is 6.37. The number of anilines is 1. The predicted octanol–water partition coefficient (Wildman–Crippen LogP) is 1.88. The van der Waals surface area contributed by atoms with Crippen LogP contribution in [0.25, 0.3) is 0 Å². The van der Waals surface area contributed by atoms with E-state index in [0.29, 0.717) is 30.6 Å². The number of ketones is 1. The summed E-state index contributed by atoms with van der Waals surface area (Å²) in [6.45, 7) is 5.59. The van der Waals surface area contributed by atoms with Gasteiger partial charge in [-0.25, -0.2) is 0 Å². The summed E-state index contributed by atoms with van der Waals surface area (Å²) < 4.78 is 0. The molecule has 4 rings (SSSR count). The Hall–Kier alpha value is -3.43. The molecule has 212 valence electrons. The molecule has 10 heteroatoms. The Morgan fingerprint density at radius 1 is 0.949 bits per heavy atom. The van der Waals surface area contributed by atoms with E-state index in [2.05, 4.69) is 10.6 Å². The molecule has 1 aromatic rings. The molecule has 2 aliphatic heterocycles. The maximum absolute atomic E-state index is 13.8. The molecule has 4 atom stereocenters. The second kappa shape index (κ2) is 12.2. The highest BCUT2D eigenvalue weighted by Crippen LogP contribution is 2.34. The number of hydrogen-bond acceptors (Lipinski definition) is 6. The average Bonchev–Trinajstić information content (AvgIpc) is 3.48. The van der Waals surface area contributed by atoms with Gasteiger partial charge in [0.05, 0.1) is 12.6 Å². The normalized spacial score (nSPS) is 22.9. The van der Waals surface area contributed by atoms with Gasteiger partial charge in [-0.3, -0.25) is 24.0 Å². The zero-order valence-corrected chi connectivity index (χ0v) is 23.2. The van der Waals surface area contributed by atoms with Gasteiger partial charge in [0.25, 0.3) is 5.91 Å². The fourth-order valence-electron chi connectivity index (χ4n) is 6.37. The molecule has 0 spiro atoms. The highest BCUT2D eigenvalue weighted by atomic mass is 16.2. The topological polar surface area (TPSA) is 142 Å². The van der Waals surface area contributed by atoms with E-state index in [9.17, 15) is 24.0 Å². The van der Waals surface area contributed by atoms with Crippen LogP contribution in [0.5, 0.6) is 0 Å². The molecule has 0 radical (unpaired) electrons. The molecule has 2 saturated heterocycles. The first-order chi connectivity index (χ1) is 18.6. The van der Waals surface area contributed by atoms with E-state index >= 15 is 0 Å². The van der Waals surface area contributed by atoms with E-state index < -0.39 is 24.2 Å². The van der Waals surface area contributed by atoms with Gasteiger partial charge in [-0.2, -0.15) is 0 Å². The van der Waals surface area contributed by atoms with Crippen molar-refractivity contribution in [3.8, 4) is 0 Å². The van der Waals surface area contributed by atoms with E-state index in [1.165, 1.54) is 6.92 Å². The molecule has 10 nitrogen and oxygen atoms in total. The van der Waals surface area contributed by atoms with Crippen molar-refractivity contribution in [1.82, 2.24) is 20.4 Å². The number of nitrogens with one attached hydrogen (secondary N) is 2. The van der Waals surface area contributed by atoms with Gasteiger partial charge in [0.1, 0.15) is 18.1 Å². The summed E-state index contributed by atoms with van der Waals surface area (Å²) in [4.78, 5) is 68.8. The summed E-state index contributed by atoms with van der Waals surface area (Å²) in [5.74, 6) is -1.21. The first-order valence-electron chi connectivity index (χ1n) is 14.1. The molecule has 39 heavy (non-hydrogen) atoms. The number of hydrogen-bond donors (Lipinski definition) is 3. The molecule has 3 aliphatic rings. The minimum Gasteiger partial charge on any atom is -0.399 e. The van der Waals surface area contributed by atoms with Crippen LogP contribution in [0.3, 0.4) is 0 Å². The SMILES string of the molecule is CC(=O)NC(C(=O)N1CC(=O)C2C1CCN2C(=O)C(CC(C)C)NC(=O)c1ccc(N)cc1)C1CCCCC1. The van der Waals surface area contributed by atoms with Gasteiger partial charge in [-0.1, -0.05) is 33.1 Å². The highest BCUT2D eigenvalue weighted by molar-refractivity contribution is 6.01. The Morgan fingerprint density at radius 3 is 2.23 bits per heavy atom. The smallest absolute Gasteiger partial charge is 0.251 e. The molecular weight excluding hydrogens is 498 g/mol. The van der Waals surface area contributed by atoms with Crippen LogP contribution >= 0.6 is 0 Å². The molecule has 4 amide bonds. The summed E-state index contributed by atoms with van der Waals surface area (Å²) in [7, 11) is 0. The summed E-state index contributed by atoms with van der Waals surface area (Å²) in [6, 6.07) is 3.83. The molecule has 4 unspecified atom stereocenters. The number of likely N-dealkylation sites (tertiary alicyclic amines) is 2. The maximum Gasteiger partial charge on any atom is 0.251 e. The average molecular weight is 540 g/mol. The summed E-state index contributed by atoms with van der Waals surface area (Å²) >= 11 is 0. The number of nitrogen functional groups attached to an aromatic ring is 1. The molecule has 1 saturated carbocycles. The second-order valence-electron chi connectivity index (χ2n) is 11.6. The Morgan fingerprint density at radius 2 is 1.62 bits per heavy atom. The van der Waals surface area contributed by atoms with Crippen LogP contribution in [-0.4, -0.2) is 76.5 Å². The Bertz CT molecular complexity index is 1100. The lowest BCUT2D eigenvalue weighted by Gasteiger charge is -2.34. The molecular formula is C29H41N5O5. The van der Waals surface area contributed by atoms with Gasteiger partial charge in [0, 0.05) is 24.7 Å². The summed E-state index contributed by atoms with van der Waals surface area (Å²) in [6.07, 6.45) is 5.76. The van der Waals surface area contributed by atoms with Gasteiger partial charge < -0.3 is 26.2 Å². The van der Waals surface area contributed by atoms with Crippen molar-refractivity contribution in [3.63, 3.8) is 0 Å². The second-order valence-corrected chi connectivity index (χ2v) is 11.6. The third-order valence-electron chi connectivity index (χ3n) is 8.22. The Labute approximate surface area is 230 Å². The monoisotopic (exact) mass is 539 g/mol. The number of nitrogens with zero attached hydrogens (tertiary/aromatic N) is 2. The molecule has 3 fully saturated rings. The van der Waals surface area contributed by atoms with Crippen LogP contribution < -0.4 is 16.4 Å². The van der Waals surface area contributed by atoms with Crippen LogP contribution in [0.4, 0.5) is 5.69 Å². The van der Waals surface area contributed by atoms with Gasteiger partial charge in [0.2, 0.25) is 17.7 Å². The van der Waals surface area contributed by atoms with Crippen LogP contribution in [0.2, 0.25) is 0 Å². The van der Waals surface area contributed by atoms with E-state index in [-0.39, 0.29) is 47.8 Å². The number of fused-ring (bicyclic) bond motifs is 1. The number of carbonyl (C=O) groups is 5. The van der Waals surface area contributed by atoms with Crippen LogP contribution in [0, 0.1) is 11.8 Å². The number of amides is 4. The molecule has 0 bridgehead atoms. The summed E-state index contributed by atoms with van der Waals surface area (Å²) in [5.41, 5.74) is 6.66. The maximum atomic E-state index is 13.8. The third-order valence-corrected chi connectivity index (χ3v) is 8.22. The molecule has 2 heterocycles. The van der Waals surface area contributed by atoms with Gasteiger partial charge in [-0.15, -0.1) is 0 Å². The largest absolute Gasteiger partial charge is 0.399 e. The van der Waals surface area contributed by atoms with Crippen molar-refractivity contribution in [1.29, 1.82) is 0 Å². The van der Waals surface area contributed by atoms with Gasteiger partial charge >= 0.3 is 0 Å². The lowest BCUT2D eigenvalue weighted by atomic mass is 9.83. The minimum absolute atomic E-state index is 0.0439. The Balaban J connectivity index is 1.50. The lowest BCUT2D eigenvalue weighted by molar-refractivity contribution is -0.139. The van der Waals surface area contributed by atoms with Crippen LogP contribution in [-0.2, 0) is 19.2 Å². The molecule has 0 aromatic heterocycles. The van der Waals surface area contributed by atoms with Gasteiger partial charge in [-0.05, 0) is 61.8 Å². The van der Waals surface area contributed by atoms with Crippen molar-refractivity contribution >= 4 is 35.1 Å².